The van der Waals surface area contributed by atoms with E-state index in [1.54, 1.807) is 47.1 Å². The Hall–Kier alpha value is -3.42. The van der Waals surface area contributed by atoms with Gasteiger partial charge in [0.1, 0.15) is 34.7 Å². The second kappa shape index (κ2) is 8.42. The molecule has 1 aliphatic carbocycles. The van der Waals surface area contributed by atoms with Crippen LogP contribution in [0, 0.1) is 11.3 Å². The average Bonchev–Trinajstić information content (AvgIpc) is 3.52. The molecule has 4 atom stereocenters. The summed E-state index contributed by atoms with van der Waals surface area (Å²) in [6, 6.07) is 10.8. The molecule has 0 radical (unpaired) electrons. The maximum absolute atomic E-state index is 13.7. The number of hydrogen-bond donors (Lipinski definition) is 0. The van der Waals surface area contributed by atoms with Crippen LogP contribution in [0.5, 0.6) is 23.0 Å². The topological polar surface area (TPSA) is 89.5 Å². The summed E-state index contributed by atoms with van der Waals surface area (Å²) in [7, 11) is 5.93. The van der Waals surface area contributed by atoms with Crippen LogP contribution in [-0.2, 0) is 19.1 Å². The normalized spacial score (nSPS) is 24.6. The first kappa shape index (κ1) is 23.7. The maximum atomic E-state index is 13.7. The molecule has 2 aromatic rings. The van der Waals surface area contributed by atoms with E-state index in [2.05, 4.69) is 0 Å². The van der Waals surface area contributed by atoms with E-state index in [0.717, 1.165) is 5.56 Å². The number of carbonyl (C=O) groups excluding carboxylic acids is 2. The van der Waals surface area contributed by atoms with Crippen molar-refractivity contribution in [2.75, 3.05) is 28.4 Å². The Labute approximate surface area is 199 Å². The number of rotatable bonds is 6. The maximum Gasteiger partial charge on any atom is 0.325 e. The van der Waals surface area contributed by atoms with Crippen molar-refractivity contribution in [1.82, 2.24) is 0 Å². The predicted octanol–water partition coefficient (Wildman–Crippen LogP) is 4.06. The number of methoxy groups -OCH3 is 4. The van der Waals surface area contributed by atoms with Gasteiger partial charge in [-0.15, -0.1) is 0 Å². The molecule has 8 heteroatoms. The Kier molecular flexibility index (Phi) is 5.87. The molecule has 4 rings (SSSR count). The zero-order valence-electron chi connectivity index (χ0n) is 20.5. The molecule has 2 aliphatic rings. The third kappa shape index (κ3) is 3.61. The Morgan fingerprint density at radius 2 is 1.53 bits per heavy atom. The summed E-state index contributed by atoms with van der Waals surface area (Å²) in [6.45, 7) is 5.29. The van der Waals surface area contributed by atoms with Crippen LogP contribution in [0.25, 0.3) is 0 Å². The molecular weight excluding hydrogens is 440 g/mol. The fourth-order valence-electron chi connectivity index (χ4n) is 4.92. The van der Waals surface area contributed by atoms with Gasteiger partial charge in [0.15, 0.2) is 5.41 Å². The first-order valence-corrected chi connectivity index (χ1v) is 11.0. The first-order chi connectivity index (χ1) is 16.1. The van der Waals surface area contributed by atoms with Crippen molar-refractivity contribution in [1.29, 1.82) is 0 Å². The van der Waals surface area contributed by atoms with Crippen molar-refractivity contribution in [3.05, 3.63) is 47.5 Å². The highest BCUT2D eigenvalue weighted by Gasteiger charge is 2.82. The SMILES string of the molecule is COC(=O)[C@@]1(C(=O)OC(C)(C)C)[C@@H]2[C@H]1c1c(OC)cc(OC)cc1O[C@H]2c1ccc(OC)cc1. The fraction of sp³-hybridized carbons (Fsp3) is 0.462. The van der Waals surface area contributed by atoms with E-state index in [4.69, 9.17) is 28.4 Å². The summed E-state index contributed by atoms with van der Waals surface area (Å²) in [5.74, 6) is -0.269. The summed E-state index contributed by atoms with van der Waals surface area (Å²) >= 11 is 0. The lowest BCUT2D eigenvalue weighted by molar-refractivity contribution is -0.172. The van der Waals surface area contributed by atoms with Gasteiger partial charge in [0.05, 0.1) is 28.4 Å². The first-order valence-electron chi connectivity index (χ1n) is 11.0. The quantitative estimate of drug-likeness (QED) is 0.461. The molecule has 0 aromatic heterocycles. The minimum absolute atomic E-state index is 0.465. The van der Waals surface area contributed by atoms with Gasteiger partial charge >= 0.3 is 11.9 Å². The Morgan fingerprint density at radius 1 is 0.882 bits per heavy atom. The molecule has 0 bridgehead atoms. The molecular formula is C26H30O8. The molecule has 0 amide bonds. The second-order valence-corrected chi connectivity index (χ2v) is 9.42. The van der Waals surface area contributed by atoms with Gasteiger partial charge in [-0.3, -0.25) is 9.59 Å². The Morgan fingerprint density at radius 3 is 2.06 bits per heavy atom. The molecule has 0 saturated heterocycles. The molecule has 1 aliphatic heterocycles. The van der Waals surface area contributed by atoms with Crippen molar-refractivity contribution in [3.8, 4) is 23.0 Å². The van der Waals surface area contributed by atoms with Gasteiger partial charge in [0.25, 0.3) is 0 Å². The van der Waals surface area contributed by atoms with E-state index in [1.165, 1.54) is 14.2 Å². The van der Waals surface area contributed by atoms with Crippen molar-refractivity contribution in [3.63, 3.8) is 0 Å². The van der Waals surface area contributed by atoms with E-state index in [-0.39, 0.29) is 0 Å². The fourth-order valence-corrected chi connectivity index (χ4v) is 4.92. The highest BCUT2D eigenvalue weighted by Crippen LogP contribution is 2.75. The van der Waals surface area contributed by atoms with Crippen molar-refractivity contribution in [2.45, 2.75) is 38.4 Å². The molecule has 0 N–H and O–H groups in total. The number of hydrogen-bond acceptors (Lipinski definition) is 8. The smallest absolute Gasteiger partial charge is 0.325 e. The third-order valence-electron chi connectivity index (χ3n) is 6.39. The van der Waals surface area contributed by atoms with E-state index in [9.17, 15) is 9.59 Å². The molecule has 2 aromatic carbocycles. The summed E-state index contributed by atoms with van der Waals surface area (Å²) in [5.41, 5.74) is -0.973. The lowest BCUT2D eigenvalue weighted by atomic mass is 9.96. The standard InChI is InChI=1S/C26H30O8/c1-25(2,3)34-24(28)26(23(27)32-7)20-19-17(31-6)12-16(30-5)13-18(19)33-22(21(20)26)14-8-10-15(29-4)11-9-14/h8-13,20-22H,1-7H3/t20-,21-,22+,26+/m1/s1. The second-order valence-electron chi connectivity index (χ2n) is 9.42. The Bertz CT molecular complexity index is 1100. The van der Waals surface area contributed by atoms with Crippen LogP contribution in [0.1, 0.15) is 43.9 Å². The van der Waals surface area contributed by atoms with Gasteiger partial charge in [-0.05, 0) is 38.5 Å². The number of esters is 2. The molecule has 1 heterocycles. The van der Waals surface area contributed by atoms with Gasteiger partial charge in [-0.25, -0.2) is 0 Å². The number of fused-ring (bicyclic) bond motifs is 3. The summed E-state index contributed by atoms with van der Waals surface area (Å²) < 4.78 is 33.7. The molecule has 8 nitrogen and oxygen atoms in total. The molecule has 1 saturated carbocycles. The van der Waals surface area contributed by atoms with Gasteiger partial charge in [0.2, 0.25) is 0 Å². The monoisotopic (exact) mass is 470 g/mol. The van der Waals surface area contributed by atoms with Crippen molar-refractivity contribution in [2.24, 2.45) is 11.3 Å². The largest absolute Gasteiger partial charge is 0.497 e. The van der Waals surface area contributed by atoms with Crippen molar-refractivity contribution >= 4 is 11.9 Å². The lowest BCUT2D eigenvalue weighted by Gasteiger charge is -2.27. The number of benzene rings is 2. The number of ether oxygens (including phenoxy) is 6. The van der Waals surface area contributed by atoms with Crippen LogP contribution < -0.4 is 18.9 Å². The number of carbonyl (C=O) groups is 2. The zero-order chi connectivity index (χ0) is 24.8. The molecule has 1 fully saturated rings. The summed E-state index contributed by atoms with van der Waals surface area (Å²) in [5, 5.41) is 0. The summed E-state index contributed by atoms with van der Waals surface area (Å²) in [6.07, 6.45) is -0.619. The van der Waals surface area contributed by atoms with E-state index < -0.39 is 40.9 Å². The molecule has 182 valence electrons. The van der Waals surface area contributed by atoms with Crippen molar-refractivity contribution < 1.29 is 38.0 Å². The summed E-state index contributed by atoms with van der Waals surface area (Å²) in [4.78, 5) is 27.0. The Balaban J connectivity index is 1.92. The van der Waals surface area contributed by atoms with E-state index >= 15 is 0 Å². The van der Waals surface area contributed by atoms with Gasteiger partial charge in [0, 0.05) is 29.5 Å². The highest BCUT2D eigenvalue weighted by atomic mass is 16.6. The van der Waals surface area contributed by atoms with Crippen LogP contribution in [-0.4, -0.2) is 46.0 Å². The van der Waals surface area contributed by atoms with Gasteiger partial charge in [-0.2, -0.15) is 0 Å². The van der Waals surface area contributed by atoms with Crippen LogP contribution >= 0.6 is 0 Å². The predicted molar refractivity (Wildman–Crippen MR) is 122 cm³/mol. The van der Waals surface area contributed by atoms with Gasteiger partial charge < -0.3 is 28.4 Å². The minimum atomic E-state index is -1.58. The molecule has 0 unspecified atom stereocenters. The van der Waals surface area contributed by atoms with Crippen LogP contribution in [0.2, 0.25) is 0 Å². The lowest BCUT2D eigenvalue weighted by Crippen LogP contribution is -2.37. The molecule has 34 heavy (non-hydrogen) atoms. The zero-order valence-corrected chi connectivity index (χ0v) is 20.5. The average molecular weight is 471 g/mol. The van der Waals surface area contributed by atoms with E-state index in [0.29, 0.717) is 28.6 Å². The van der Waals surface area contributed by atoms with Gasteiger partial charge in [-0.1, -0.05) is 12.1 Å². The van der Waals surface area contributed by atoms with Crippen LogP contribution in [0.3, 0.4) is 0 Å². The van der Waals surface area contributed by atoms with Crippen LogP contribution in [0.4, 0.5) is 0 Å². The molecule has 0 spiro atoms. The third-order valence-corrected chi connectivity index (χ3v) is 6.39. The highest BCUT2D eigenvalue weighted by molar-refractivity contribution is 6.07. The van der Waals surface area contributed by atoms with Crippen LogP contribution in [0.15, 0.2) is 36.4 Å². The minimum Gasteiger partial charge on any atom is -0.497 e. The van der Waals surface area contributed by atoms with E-state index in [1.807, 2.05) is 24.3 Å².